The number of ether oxygens (including phenoxy) is 1. The van der Waals surface area contributed by atoms with Crippen LogP contribution in [-0.2, 0) is 4.74 Å². The van der Waals surface area contributed by atoms with E-state index in [0.717, 1.165) is 0 Å². The molecule has 2 aromatic heterocycles. The van der Waals surface area contributed by atoms with Gasteiger partial charge in [-0.3, -0.25) is 0 Å². The highest BCUT2D eigenvalue weighted by molar-refractivity contribution is 5.88. The fraction of sp³-hybridized carbons (Fsp3) is 0.250. The molecule has 0 aliphatic carbocycles. The number of aromatic nitrogens is 4. The second-order valence-corrected chi connectivity index (χ2v) is 2.75. The minimum atomic E-state index is -0.498. The molecule has 2 heterocycles. The van der Waals surface area contributed by atoms with E-state index >= 15 is 0 Å². The largest absolute Gasteiger partial charge is 0.461 e. The third-order valence-electron chi connectivity index (χ3n) is 1.77. The molecule has 0 unspecified atom stereocenters. The van der Waals surface area contributed by atoms with E-state index in [2.05, 4.69) is 15.1 Å². The fourth-order valence-electron chi connectivity index (χ4n) is 1.14. The van der Waals surface area contributed by atoms with Gasteiger partial charge in [0.1, 0.15) is 6.33 Å². The van der Waals surface area contributed by atoms with Crippen LogP contribution in [-0.4, -0.2) is 32.2 Å². The van der Waals surface area contributed by atoms with Crippen LogP contribution in [0.1, 0.15) is 17.4 Å². The molecular formula is C8H9N5O2. The van der Waals surface area contributed by atoms with Crippen molar-refractivity contribution in [2.45, 2.75) is 6.92 Å². The Bertz CT molecular complexity index is 507. The highest BCUT2D eigenvalue weighted by atomic mass is 16.5. The number of hydrogen-bond acceptors (Lipinski definition) is 6. The van der Waals surface area contributed by atoms with Gasteiger partial charge in [-0.05, 0) is 6.92 Å². The van der Waals surface area contributed by atoms with Crippen molar-refractivity contribution < 1.29 is 9.53 Å². The Hall–Kier alpha value is -2.18. The van der Waals surface area contributed by atoms with Gasteiger partial charge in [-0.1, -0.05) is 0 Å². The number of fused-ring (bicyclic) bond motifs is 1. The molecule has 0 aliphatic rings. The van der Waals surface area contributed by atoms with Crippen molar-refractivity contribution in [3.8, 4) is 0 Å². The number of nitrogen functional groups attached to an aromatic ring is 1. The molecule has 7 heteroatoms. The summed E-state index contributed by atoms with van der Waals surface area (Å²) in [7, 11) is 0. The second kappa shape index (κ2) is 3.52. The molecule has 15 heavy (non-hydrogen) atoms. The van der Waals surface area contributed by atoms with Crippen LogP contribution < -0.4 is 5.73 Å². The van der Waals surface area contributed by atoms with Crippen molar-refractivity contribution >= 4 is 17.6 Å². The van der Waals surface area contributed by atoms with Gasteiger partial charge in [0.25, 0.3) is 0 Å². The fourth-order valence-corrected chi connectivity index (χ4v) is 1.14. The highest BCUT2D eigenvalue weighted by Crippen LogP contribution is 2.06. The topological polar surface area (TPSA) is 95.4 Å². The SMILES string of the molecule is CCOC(=O)c1cc2ncnc(N)n2n1. The molecule has 0 spiro atoms. The zero-order chi connectivity index (χ0) is 10.8. The molecule has 0 fully saturated rings. The number of hydrogen-bond donors (Lipinski definition) is 1. The molecule has 7 nitrogen and oxygen atoms in total. The first kappa shape index (κ1) is 9.38. The van der Waals surface area contributed by atoms with Crippen molar-refractivity contribution in [2.24, 2.45) is 0 Å². The van der Waals surface area contributed by atoms with Crippen LogP contribution in [0, 0.1) is 0 Å². The summed E-state index contributed by atoms with van der Waals surface area (Å²) in [4.78, 5) is 19.0. The minimum Gasteiger partial charge on any atom is -0.461 e. The van der Waals surface area contributed by atoms with Crippen LogP contribution in [0.2, 0.25) is 0 Å². The van der Waals surface area contributed by atoms with Gasteiger partial charge in [-0.15, -0.1) is 0 Å². The van der Waals surface area contributed by atoms with Gasteiger partial charge >= 0.3 is 5.97 Å². The van der Waals surface area contributed by atoms with E-state index in [4.69, 9.17) is 10.5 Å². The van der Waals surface area contributed by atoms with Gasteiger partial charge in [-0.25, -0.2) is 14.8 Å². The van der Waals surface area contributed by atoms with E-state index in [1.807, 2.05) is 0 Å². The summed E-state index contributed by atoms with van der Waals surface area (Å²) < 4.78 is 6.08. The molecule has 0 amide bonds. The second-order valence-electron chi connectivity index (χ2n) is 2.75. The van der Waals surface area contributed by atoms with Crippen LogP contribution in [0.15, 0.2) is 12.4 Å². The van der Waals surface area contributed by atoms with E-state index in [9.17, 15) is 4.79 Å². The molecule has 0 saturated heterocycles. The predicted octanol–water partition coefficient (Wildman–Crippen LogP) is -0.117. The summed E-state index contributed by atoms with van der Waals surface area (Å²) >= 11 is 0. The van der Waals surface area contributed by atoms with E-state index in [0.29, 0.717) is 12.3 Å². The number of esters is 1. The maximum absolute atomic E-state index is 11.3. The Kier molecular flexibility index (Phi) is 2.20. The molecular weight excluding hydrogens is 198 g/mol. The molecule has 2 aromatic rings. The Balaban J connectivity index is 2.47. The van der Waals surface area contributed by atoms with Gasteiger partial charge in [0.05, 0.1) is 6.61 Å². The lowest BCUT2D eigenvalue weighted by molar-refractivity contribution is 0.0519. The summed E-state index contributed by atoms with van der Waals surface area (Å²) in [6, 6.07) is 1.50. The Labute approximate surface area is 84.9 Å². The Morgan fingerprint density at radius 2 is 2.40 bits per heavy atom. The van der Waals surface area contributed by atoms with E-state index in [1.54, 1.807) is 6.92 Å². The third-order valence-corrected chi connectivity index (χ3v) is 1.77. The zero-order valence-corrected chi connectivity index (χ0v) is 8.04. The van der Waals surface area contributed by atoms with Gasteiger partial charge in [0.15, 0.2) is 11.3 Å². The average molecular weight is 207 g/mol. The Morgan fingerprint density at radius 3 is 3.07 bits per heavy atom. The maximum atomic E-state index is 11.3. The van der Waals surface area contributed by atoms with Crippen molar-refractivity contribution in [1.29, 1.82) is 0 Å². The van der Waals surface area contributed by atoms with Gasteiger partial charge in [0.2, 0.25) is 5.95 Å². The van der Waals surface area contributed by atoms with Crippen LogP contribution in [0.5, 0.6) is 0 Å². The van der Waals surface area contributed by atoms with E-state index in [1.165, 1.54) is 16.9 Å². The number of anilines is 1. The number of rotatable bonds is 2. The summed E-state index contributed by atoms with van der Waals surface area (Å²) in [5, 5.41) is 3.92. The molecule has 78 valence electrons. The molecule has 0 atom stereocenters. The first-order chi connectivity index (χ1) is 7.22. The van der Waals surface area contributed by atoms with Crippen LogP contribution >= 0.6 is 0 Å². The quantitative estimate of drug-likeness (QED) is 0.690. The monoisotopic (exact) mass is 207 g/mol. The zero-order valence-electron chi connectivity index (χ0n) is 8.04. The van der Waals surface area contributed by atoms with Crippen LogP contribution in [0.25, 0.3) is 5.65 Å². The lowest BCUT2D eigenvalue weighted by Gasteiger charge is -1.95. The lowest BCUT2D eigenvalue weighted by Crippen LogP contribution is -2.07. The van der Waals surface area contributed by atoms with Gasteiger partial charge < -0.3 is 10.5 Å². The predicted molar refractivity (Wildman–Crippen MR) is 51.2 cm³/mol. The average Bonchev–Trinajstić information content (AvgIpc) is 2.63. The summed E-state index contributed by atoms with van der Waals surface area (Å²) in [5.41, 5.74) is 6.17. The van der Waals surface area contributed by atoms with Crippen molar-refractivity contribution in [3.63, 3.8) is 0 Å². The summed E-state index contributed by atoms with van der Waals surface area (Å²) in [6.07, 6.45) is 1.31. The molecule has 0 radical (unpaired) electrons. The highest BCUT2D eigenvalue weighted by Gasteiger charge is 2.13. The maximum Gasteiger partial charge on any atom is 0.358 e. The smallest absolute Gasteiger partial charge is 0.358 e. The minimum absolute atomic E-state index is 0.170. The number of nitrogens with zero attached hydrogens (tertiary/aromatic N) is 4. The first-order valence-corrected chi connectivity index (χ1v) is 4.35. The Morgan fingerprint density at radius 1 is 1.60 bits per heavy atom. The molecule has 2 N–H and O–H groups in total. The summed E-state index contributed by atoms with van der Waals surface area (Å²) in [6.45, 7) is 2.02. The van der Waals surface area contributed by atoms with Crippen molar-refractivity contribution in [1.82, 2.24) is 19.6 Å². The number of carbonyl (C=O) groups is 1. The molecule has 0 aliphatic heterocycles. The van der Waals surface area contributed by atoms with Crippen molar-refractivity contribution in [2.75, 3.05) is 12.3 Å². The number of carbonyl (C=O) groups excluding carboxylic acids is 1. The van der Waals surface area contributed by atoms with Gasteiger partial charge in [-0.2, -0.15) is 9.61 Å². The molecule has 0 bridgehead atoms. The van der Waals surface area contributed by atoms with Crippen LogP contribution in [0.4, 0.5) is 5.95 Å². The van der Waals surface area contributed by atoms with Gasteiger partial charge in [0, 0.05) is 6.07 Å². The van der Waals surface area contributed by atoms with Crippen LogP contribution in [0.3, 0.4) is 0 Å². The molecule has 2 rings (SSSR count). The molecule has 0 aromatic carbocycles. The molecule has 0 saturated carbocycles. The standard InChI is InChI=1S/C8H9N5O2/c1-2-15-7(14)5-3-6-10-4-11-8(9)13(6)12-5/h3-4H,2H2,1H3,(H2,9,10,11). The van der Waals surface area contributed by atoms with E-state index in [-0.39, 0.29) is 11.6 Å². The van der Waals surface area contributed by atoms with Crippen molar-refractivity contribution in [3.05, 3.63) is 18.1 Å². The third kappa shape index (κ3) is 1.58. The lowest BCUT2D eigenvalue weighted by atomic mass is 10.4. The first-order valence-electron chi connectivity index (χ1n) is 4.35. The van der Waals surface area contributed by atoms with E-state index < -0.39 is 5.97 Å². The summed E-state index contributed by atoms with van der Waals surface area (Å²) in [5.74, 6) is -0.321. The normalized spacial score (nSPS) is 10.5. The number of nitrogens with two attached hydrogens (primary N) is 1.